The molecule has 7 nitrogen and oxygen atoms in total. The van der Waals surface area contributed by atoms with E-state index in [1.807, 2.05) is 0 Å². The van der Waals surface area contributed by atoms with Crippen molar-refractivity contribution >= 4 is 17.8 Å². The third-order valence-corrected chi connectivity index (χ3v) is 6.54. The number of oxime groups is 1. The van der Waals surface area contributed by atoms with E-state index < -0.39 is 11.7 Å². The molecule has 4 fully saturated rings. The first kappa shape index (κ1) is 14.8. The van der Waals surface area contributed by atoms with E-state index in [4.69, 9.17) is 14.7 Å². The molecule has 23 heavy (non-hydrogen) atoms. The summed E-state index contributed by atoms with van der Waals surface area (Å²) in [6, 6.07) is 0. The lowest BCUT2D eigenvalue weighted by Gasteiger charge is -2.52. The molecule has 2 aliphatic heterocycles. The van der Waals surface area contributed by atoms with Gasteiger partial charge in [0.2, 0.25) is 0 Å². The molecular weight excluding hydrogens is 300 g/mol. The van der Waals surface area contributed by atoms with Gasteiger partial charge >= 0.3 is 12.1 Å². The smallest absolute Gasteiger partial charge is 0.407 e. The third kappa shape index (κ3) is 1.98. The maximum atomic E-state index is 12.1. The van der Waals surface area contributed by atoms with Crippen LogP contribution in [0.3, 0.4) is 0 Å². The minimum atomic E-state index is -0.899. The fourth-order valence-corrected chi connectivity index (χ4v) is 4.90. The number of esters is 1. The molecule has 0 aromatic heterocycles. The topological polar surface area (TPSA) is 88.4 Å². The van der Waals surface area contributed by atoms with E-state index in [9.17, 15) is 9.59 Å². The van der Waals surface area contributed by atoms with Crippen LogP contribution in [0.15, 0.2) is 5.16 Å². The number of carboxylic acid groups (broad SMARTS) is 1. The number of likely N-dealkylation sites (tertiary alicyclic amines) is 1. The van der Waals surface area contributed by atoms with Gasteiger partial charge in [-0.25, -0.2) is 4.79 Å². The molecule has 0 atom stereocenters. The Morgan fingerprint density at radius 3 is 2.30 bits per heavy atom. The first-order chi connectivity index (χ1) is 10.9. The Labute approximate surface area is 134 Å². The molecule has 2 heterocycles. The number of fused-ring (bicyclic) bond motifs is 3. The summed E-state index contributed by atoms with van der Waals surface area (Å²) in [6.45, 7) is 0.801. The van der Waals surface area contributed by atoms with Gasteiger partial charge in [-0.1, -0.05) is 5.16 Å². The van der Waals surface area contributed by atoms with E-state index in [2.05, 4.69) is 5.16 Å². The number of hydrogen-bond donors (Lipinski definition) is 1. The molecule has 1 spiro atoms. The van der Waals surface area contributed by atoms with Crippen LogP contribution in [-0.2, 0) is 14.4 Å². The van der Waals surface area contributed by atoms with E-state index in [0.717, 1.165) is 50.7 Å². The van der Waals surface area contributed by atoms with Crippen molar-refractivity contribution in [2.24, 2.45) is 16.0 Å². The SMILES string of the molecule is COC(=O)C12CCC(C3=NOC4(C3)CN(C(=O)O)C4)(CC1)CC2. The van der Waals surface area contributed by atoms with Crippen LogP contribution in [0.5, 0.6) is 0 Å². The highest BCUT2D eigenvalue weighted by Gasteiger charge is 2.59. The largest absolute Gasteiger partial charge is 0.469 e. The fraction of sp³-hybridized carbons (Fsp3) is 0.812. The molecule has 0 aromatic carbocycles. The first-order valence-electron chi connectivity index (χ1n) is 8.25. The average molecular weight is 322 g/mol. The van der Waals surface area contributed by atoms with Crippen molar-refractivity contribution in [1.29, 1.82) is 0 Å². The Morgan fingerprint density at radius 1 is 1.17 bits per heavy atom. The van der Waals surface area contributed by atoms with Crippen LogP contribution in [0.4, 0.5) is 4.79 Å². The van der Waals surface area contributed by atoms with Crippen LogP contribution < -0.4 is 0 Å². The lowest BCUT2D eigenvalue weighted by atomic mass is 9.51. The van der Waals surface area contributed by atoms with Gasteiger partial charge in [0, 0.05) is 11.8 Å². The monoisotopic (exact) mass is 322 g/mol. The standard InChI is InChI=1S/C16H22N2O5/c1-22-12(19)15-5-2-14(3-6-15,4-7-15)11-8-16(23-17-11)9-18(10-16)13(20)21/h2-10H2,1H3,(H,20,21). The highest BCUT2D eigenvalue weighted by atomic mass is 16.7. The summed E-state index contributed by atoms with van der Waals surface area (Å²) in [5.41, 5.74) is 0.408. The number of hydrogen-bond acceptors (Lipinski definition) is 5. The van der Waals surface area contributed by atoms with Gasteiger partial charge in [0.1, 0.15) is 0 Å². The van der Waals surface area contributed by atoms with Crippen molar-refractivity contribution in [3.8, 4) is 0 Å². The number of ether oxygens (including phenoxy) is 1. The van der Waals surface area contributed by atoms with Crippen molar-refractivity contribution < 1.29 is 24.3 Å². The molecular formula is C16H22N2O5. The second-order valence-corrected chi connectivity index (χ2v) is 7.68. The van der Waals surface area contributed by atoms with Gasteiger partial charge < -0.3 is 14.7 Å². The minimum absolute atomic E-state index is 0.0446. The highest BCUT2D eigenvalue weighted by Crippen LogP contribution is 2.59. The first-order valence-corrected chi connectivity index (χ1v) is 8.25. The van der Waals surface area contributed by atoms with Crippen LogP contribution in [0, 0.1) is 10.8 Å². The van der Waals surface area contributed by atoms with Crippen molar-refractivity contribution in [3.05, 3.63) is 0 Å². The molecule has 0 aromatic rings. The number of carbonyl (C=O) groups excluding carboxylic acids is 1. The summed E-state index contributed by atoms with van der Waals surface area (Å²) < 4.78 is 5.01. The fourth-order valence-electron chi connectivity index (χ4n) is 4.90. The van der Waals surface area contributed by atoms with E-state index in [1.165, 1.54) is 12.0 Å². The lowest BCUT2D eigenvalue weighted by molar-refractivity contribution is -0.160. The van der Waals surface area contributed by atoms with Gasteiger partial charge in [-0.15, -0.1) is 0 Å². The lowest BCUT2D eigenvalue weighted by Crippen LogP contribution is -2.63. The summed E-state index contributed by atoms with van der Waals surface area (Å²) in [7, 11) is 1.47. The highest BCUT2D eigenvalue weighted by molar-refractivity contribution is 5.93. The Bertz CT molecular complexity index is 569. The average Bonchev–Trinajstić information content (AvgIpc) is 3.00. The van der Waals surface area contributed by atoms with Crippen LogP contribution in [-0.4, -0.2) is 53.6 Å². The normalized spacial score (nSPS) is 37.1. The molecule has 3 saturated carbocycles. The zero-order valence-electron chi connectivity index (χ0n) is 13.3. The zero-order valence-corrected chi connectivity index (χ0v) is 13.3. The van der Waals surface area contributed by atoms with E-state index in [-0.39, 0.29) is 16.8 Å². The summed E-state index contributed by atoms with van der Waals surface area (Å²) in [6.07, 6.45) is 5.23. The minimum Gasteiger partial charge on any atom is -0.469 e. The summed E-state index contributed by atoms with van der Waals surface area (Å²) in [5, 5.41) is 13.4. The van der Waals surface area contributed by atoms with Crippen LogP contribution in [0.2, 0.25) is 0 Å². The van der Waals surface area contributed by atoms with Gasteiger partial charge in [-0.3, -0.25) is 9.69 Å². The number of nitrogens with zero attached hydrogens (tertiary/aromatic N) is 2. The predicted octanol–water partition coefficient (Wildman–Crippen LogP) is 2.01. The molecule has 1 N–H and O–H groups in total. The second kappa shape index (κ2) is 4.61. The third-order valence-electron chi connectivity index (χ3n) is 6.54. The number of methoxy groups -OCH3 is 1. The molecule has 5 aliphatic rings. The number of amides is 1. The number of rotatable bonds is 2. The van der Waals surface area contributed by atoms with Crippen molar-refractivity contribution in [3.63, 3.8) is 0 Å². The molecule has 0 radical (unpaired) electrons. The predicted molar refractivity (Wildman–Crippen MR) is 80.0 cm³/mol. The Hall–Kier alpha value is -1.79. The van der Waals surface area contributed by atoms with Gasteiger partial charge in [-0.2, -0.15) is 0 Å². The molecule has 126 valence electrons. The van der Waals surface area contributed by atoms with E-state index in [0.29, 0.717) is 13.1 Å². The van der Waals surface area contributed by atoms with Crippen LogP contribution in [0.1, 0.15) is 44.9 Å². The second-order valence-electron chi connectivity index (χ2n) is 7.68. The Balaban J connectivity index is 1.44. The van der Waals surface area contributed by atoms with Crippen molar-refractivity contribution in [2.45, 2.75) is 50.5 Å². The number of carbonyl (C=O) groups is 2. The van der Waals surface area contributed by atoms with Gasteiger partial charge in [0.05, 0.1) is 31.3 Å². The molecule has 1 saturated heterocycles. The maximum absolute atomic E-state index is 12.1. The van der Waals surface area contributed by atoms with Gasteiger partial charge in [-0.05, 0) is 38.5 Å². The quantitative estimate of drug-likeness (QED) is 0.786. The van der Waals surface area contributed by atoms with Crippen LogP contribution in [0.25, 0.3) is 0 Å². The summed E-state index contributed by atoms with van der Waals surface area (Å²) >= 11 is 0. The molecule has 7 heteroatoms. The summed E-state index contributed by atoms with van der Waals surface area (Å²) in [5.74, 6) is -0.0667. The summed E-state index contributed by atoms with van der Waals surface area (Å²) in [4.78, 5) is 30.1. The van der Waals surface area contributed by atoms with Gasteiger partial charge in [0.15, 0.2) is 5.60 Å². The van der Waals surface area contributed by atoms with Crippen LogP contribution >= 0.6 is 0 Å². The zero-order chi connectivity index (χ0) is 16.3. The van der Waals surface area contributed by atoms with E-state index >= 15 is 0 Å². The molecule has 5 rings (SSSR count). The van der Waals surface area contributed by atoms with Crippen molar-refractivity contribution in [2.75, 3.05) is 20.2 Å². The Morgan fingerprint density at radius 2 is 1.78 bits per heavy atom. The van der Waals surface area contributed by atoms with Crippen molar-refractivity contribution in [1.82, 2.24) is 4.90 Å². The molecule has 3 aliphatic carbocycles. The van der Waals surface area contributed by atoms with Gasteiger partial charge in [0.25, 0.3) is 0 Å². The molecule has 0 unspecified atom stereocenters. The maximum Gasteiger partial charge on any atom is 0.407 e. The molecule has 2 bridgehead atoms. The van der Waals surface area contributed by atoms with E-state index in [1.54, 1.807) is 0 Å². The molecule has 1 amide bonds. The Kier molecular flexibility index (Phi) is 2.96.